The molecule has 2 heterocycles. The number of hydrogen-bond acceptors (Lipinski definition) is 3. The van der Waals surface area contributed by atoms with Gasteiger partial charge in [-0.15, -0.1) is 0 Å². The Hall–Kier alpha value is -6.65. The molecule has 0 atom stereocenters. The maximum atomic E-state index is 9.13. The van der Waals surface area contributed by atoms with Crippen LogP contribution < -0.4 is 0 Å². The first kappa shape index (κ1) is 24.5. The summed E-state index contributed by atoms with van der Waals surface area (Å²) in [4.78, 5) is 14.1. The predicted octanol–water partition coefficient (Wildman–Crippen LogP) is 11.3. The Balaban J connectivity index is 1.14. The van der Waals surface area contributed by atoms with Crippen molar-refractivity contribution in [2.24, 2.45) is 0 Å². The van der Waals surface area contributed by atoms with Crippen LogP contribution in [0.4, 0.5) is 0 Å². The molecule has 0 aliphatic rings. The van der Waals surface area contributed by atoms with E-state index in [0.29, 0.717) is 17.2 Å². The minimum absolute atomic E-state index is 0.0252. The summed E-state index contributed by atoms with van der Waals surface area (Å²) in [6, 6.07) is 51.0. The fourth-order valence-corrected chi connectivity index (χ4v) is 6.40. The average molecular weight is 631 g/mol. The maximum Gasteiger partial charge on any atom is 0.164 e. The molecule has 0 amide bonds. The van der Waals surface area contributed by atoms with Gasteiger partial charge in [-0.05, 0) is 34.9 Å². The summed E-state index contributed by atoms with van der Waals surface area (Å²) in [6.07, 6.45) is 0. The van der Waals surface area contributed by atoms with Gasteiger partial charge in [0.1, 0.15) is 0 Å². The Morgan fingerprint density at radius 3 is 1.35 bits per heavy atom. The van der Waals surface area contributed by atoms with E-state index in [9.17, 15) is 0 Å². The third-order valence-electron chi connectivity index (χ3n) is 8.76. The van der Waals surface area contributed by atoms with Crippen molar-refractivity contribution in [1.29, 1.82) is 0 Å². The second-order valence-corrected chi connectivity index (χ2v) is 11.8. The molecule has 230 valence electrons. The van der Waals surface area contributed by atoms with E-state index in [1.807, 2.05) is 97.1 Å². The van der Waals surface area contributed by atoms with E-state index < -0.39 is 0 Å². The normalized spacial score (nSPS) is 12.4. The van der Waals surface area contributed by atoms with Gasteiger partial charge in [0.05, 0.1) is 22.2 Å². The maximum absolute atomic E-state index is 9.13. The fourth-order valence-electron chi connectivity index (χ4n) is 6.40. The zero-order chi connectivity index (χ0) is 36.1. The van der Waals surface area contributed by atoms with Gasteiger partial charge in [-0.1, -0.05) is 164 Å². The van der Waals surface area contributed by atoms with Crippen molar-refractivity contribution in [2.75, 3.05) is 0 Å². The molecule has 7 aromatic carbocycles. The predicted molar refractivity (Wildman–Crippen MR) is 201 cm³/mol. The lowest BCUT2D eigenvalue weighted by Gasteiger charge is -2.14. The molecule has 0 unspecified atom stereocenters. The molecule has 0 fully saturated rings. The van der Waals surface area contributed by atoms with Crippen LogP contribution in [0.2, 0.25) is 0 Å². The summed E-state index contributed by atoms with van der Waals surface area (Å²) < 4.78 is 38.8. The third kappa shape index (κ3) is 5.26. The summed E-state index contributed by atoms with van der Waals surface area (Å²) in [5.74, 6) is 0.845. The van der Waals surface area contributed by atoms with Crippen LogP contribution >= 0.6 is 0 Å². The lowest BCUT2D eigenvalue weighted by molar-refractivity contribution is 1.07. The Bertz CT molecular complexity index is 2680. The van der Waals surface area contributed by atoms with Gasteiger partial charge < -0.3 is 4.57 Å². The van der Waals surface area contributed by atoms with Crippen LogP contribution in [-0.4, -0.2) is 19.5 Å². The highest BCUT2D eigenvalue weighted by atomic mass is 15.0. The number of rotatable bonds is 6. The molecule has 2 aromatic heterocycles. The van der Waals surface area contributed by atoms with Crippen LogP contribution in [-0.2, 0) is 0 Å². The van der Waals surface area contributed by atoms with Crippen molar-refractivity contribution >= 4 is 21.8 Å². The summed E-state index contributed by atoms with van der Waals surface area (Å²) in [6.45, 7) is 0. The van der Waals surface area contributed by atoms with Crippen molar-refractivity contribution in [3.05, 3.63) is 182 Å². The molecular weight excluding hydrogens is 597 g/mol. The SMILES string of the molecule is [2H]c1c([2H])c(-c2nc(-c3ccccc3)nc(-c3ccccc3)n2)c([2H])c([2H])c1-c1ccc(-c2ccccc2-n2c3ccccc3c3ccccc32)cc1. The van der Waals surface area contributed by atoms with Gasteiger partial charge in [0, 0.05) is 33.0 Å². The molecule has 0 saturated heterocycles. The van der Waals surface area contributed by atoms with Gasteiger partial charge in [-0.3, -0.25) is 0 Å². The zero-order valence-electron chi connectivity index (χ0n) is 30.3. The number of aromatic nitrogens is 4. The Labute approximate surface area is 290 Å². The first-order chi connectivity index (χ1) is 26.0. The van der Waals surface area contributed by atoms with Crippen LogP contribution in [0.25, 0.3) is 83.9 Å². The molecule has 0 spiro atoms. The molecule has 49 heavy (non-hydrogen) atoms. The van der Waals surface area contributed by atoms with E-state index in [0.717, 1.165) is 39.0 Å². The van der Waals surface area contributed by atoms with Crippen molar-refractivity contribution in [3.8, 4) is 62.1 Å². The topological polar surface area (TPSA) is 43.6 Å². The molecule has 0 aliphatic heterocycles. The standard InChI is InChI=1S/C45H30N4/c1-3-13-34(14-4-1)43-46-44(35-15-5-2-6-16-35)48-45(47-43)36-29-25-32(26-30-36)31-23-27-33(28-24-31)37-17-7-10-20-40(37)49-41-21-11-8-18-38(41)39-19-9-12-22-42(39)49/h1-30H/i25D,26D,29D,30D. The Kier molecular flexibility index (Phi) is 6.09. The molecule has 4 heteroatoms. The second kappa shape index (κ2) is 12.2. The number of fused-ring (bicyclic) bond motifs is 3. The first-order valence-electron chi connectivity index (χ1n) is 18.1. The van der Waals surface area contributed by atoms with Crippen molar-refractivity contribution in [1.82, 2.24) is 19.5 Å². The molecule has 9 aromatic rings. The largest absolute Gasteiger partial charge is 0.309 e. The summed E-state index contributed by atoms with van der Waals surface area (Å²) >= 11 is 0. The summed E-state index contributed by atoms with van der Waals surface area (Å²) in [5, 5.41) is 2.37. The van der Waals surface area contributed by atoms with Gasteiger partial charge in [-0.25, -0.2) is 15.0 Å². The summed E-state index contributed by atoms with van der Waals surface area (Å²) in [5.41, 5.74) is 7.58. The fraction of sp³-hybridized carbons (Fsp3) is 0. The average Bonchev–Trinajstić information content (AvgIpc) is 3.55. The van der Waals surface area contributed by atoms with E-state index in [1.165, 1.54) is 10.8 Å². The molecule has 0 radical (unpaired) electrons. The summed E-state index contributed by atoms with van der Waals surface area (Å²) in [7, 11) is 0. The smallest absolute Gasteiger partial charge is 0.164 e. The number of nitrogens with zero attached hydrogens (tertiary/aromatic N) is 4. The lowest BCUT2D eigenvalue weighted by Crippen LogP contribution is -2.00. The molecule has 0 N–H and O–H groups in total. The van der Waals surface area contributed by atoms with Gasteiger partial charge in [-0.2, -0.15) is 0 Å². The molecule has 9 rings (SSSR count). The highest BCUT2D eigenvalue weighted by Gasteiger charge is 2.16. The van der Waals surface area contributed by atoms with Gasteiger partial charge in [0.15, 0.2) is 17.5 Å². The minimum atomic E-state index is -0.217. The van der Waals surface area contributed by atoms with Crippen molar-refractivity contribution in [2.45, 2.75) is 0 Å². The number of para-hydroxylation sites is 3. The van der Waals surface area contributed by atoms with Gasteiger partial charge >= 0.3 is 0 Å². The number of hydrogen-bond donors (Lipinski definition) is 0. The van der Waals surface area contributed by atoms with Crippen molar-refractivity contribution < 1.29 is 5.48 Å². The van der Waals surface area contributed by atoms with Crippen LogP contribution in [0.1, 0.15) is 5.48 Å². The highest BCUT2D eigenvalue weighted by Crippen LogP contribution is 2.37. The number of benzene rings is 7. The first-order valence-corrected chi connectivity index (χ1v) is 16.1. The van der Waals surface area contributed by atoms with Crippen LogP contribution in [0.15, 0.2) is 182 Å². The van der Waals surface area contributed by atoms with E-state index in [-0.39, 0.29) is 41.1 Å². The second-order valence-electron chi connectivity index (χ2n) is 11.8. The molecule has 0 saturated carbocycles. The van der Waals surface area contributed by atoms with E-state index in [1.54, 1.807) is 0 Å². The van der Waals surface area contributed by atoms with Crippen molar-refractivity contribution in [3.63, 3.8) is 0 Å². The monoisotopic (exact) mass is 630 g/mol. The molecular formula is C45H30N4. The van der Waals surface area contributed by atoms with Gasteiger partial charge in [0.25, 0.3) is 0 Å². The zero-order valence-corrected chi connectivity index (χ0v) is 26.3. The molecule has 0 bridgehead atoms. The minimum Gasteiger partial charge on any atom is -0.309 e. The Morgan fingerprint density at radius 2 is 0.776 bits per heavy atom. The molecule has 0 aliphatic carbocycles. The highest BCUT2D eigenvalue weighted by molar-refractivity contribution is 6.09. The van der Waals surface area contributed by atoms with E-state index in [2.05, 4.69) is 75.2 Å². The quantitative estimate of drug-likeness (QED) is 0.184. The molecule has 4 nitrogen and oxygen atoms in total. The Morgan fingerprint density at radius 1 is 0.347 bits per heavy atom. The van der Waals surface area contributed by atoms with Gasteiger partial charge in [0.2, 0.25) is 0 Å². The van der Waals surface area contributed by atoms with E-state index in [4.69, 9.17) is 10.5 Å². The van der Waals surface area contributed by atoms with E-state index >= 15 is 0 Å². The third-order valence-corrected chi connectivity index (χ3v) is 8.76. The van der Waals surface area contributed by atoms with Crippen LogP contribution in [0.5, 0.6) is 0 Å². The lowest BCUT2D eigenvalue weighted by atomic mass is 9.98. The van der Waals surface area contributed by atoms with Crippen LogP contribution in [0, 0.1) is 0 Å². The van der Waals surface area contributed by atoms with Crippen LogP contribution in [0.3, 0.4) is 0 Å².